The van der Waals surface area contributed by atoms with Crippen LogP contribution in [0, 0.1) is 34.5 Å². The highest BCUT2D eigenvalue weighted by molar-refractivity contribution is 5.84. The van der Waals surface area contributed by atoms with Gasteiger partial charge in [0.2, 0.25) is 0 Å². The van der Waals surface area contributed by atoms with Crippen molar-refractivity contribution in [2.45, 2.75) is 104 Å². The number of ketones is 1. The Kier molecular flexibility index (Phi) is 6.84. The summed E-state index contributed by atoms with van der Waals surface area (Å²) >= 11 is 0. The minimum absolute atomic E-state index is 0.0755. The van der Waals surface area contributed by atoms with Gasteiger partial charge in [0.25, 0.3) is 0 Å². The molecule has 9 atom stereocenters. The summed E-state index contributed by atoms with van der Waals surface area (Å²) in [5, 5.41) is 12.0. The monoisotopic (exact) mass is 492 g/mol. The van der Waals surface area contributed by atoms with E-state index in [9.17, 15) is 24.3 Å². The third-order valence-corrected chi connectivity index (χ3v) is 10.1. The zero-order chi connectivity index (χ0) is 25.8. The minimum atomic E-state index is -1.45. The second kappa shape index (κ2) is 9.16. The van der Waals surface area contributed by atoms with Crippen molar-refractivity contribution in [1.82, 2.24) is 0 Å². The van der Waals surface area contributed by atoms with Crippen LogP contribution in [0.2, 0.25) is 0 Å². The SMILES string of the molecule is CC(=O)OC[C@H](OC(C)=O)[C@]1(O)CC[C@@H]2[C@@H]3CC[C@@H]4C[C@H](OC(C)=O)CC[C@]4(C)[C@H]3C(=O)C[C@]21C. The Bertz CT molecular complexity index is 900. The number of esters is 3. The summed E-state index contributed by atoms with van der Waals surface area (Å²) < 4.78 is 16.2. The topological polar surface area (TPSA) is 116 Å². The Morgan fingerprint density at radius 3 is 2.34 bits per heavy atom. The van der Waals surface area contributed by atoms with Gasteiger partial charge in [-0.2, -0.15) is 0 Å². The van der Waals surface area contributed by atoms with Gasteiger partial charge in [-0.05, 0) is 68.1 Å². The Morgan fingerprint density at radius 2 is 1.71 bits per heavy atom. The highest BCUT2D eigenvalue weighted by atomic mass is 16.6. The predicted octanol–water partition coefficient (Wildman–Crippen LogP) is 3.37. The maximum Gasteiger partial charge on any atom is 0.303 e. The molecule has 8 nitrogen and oxygen atoms in total. The molecule has 4 rings (SSSR count). The van der Waals surface area contributed by atoms with Crippen molar-refractivity contribution < 1.29 is 38.5 Å². The van der Waals surface area contributed by atoms with Gasteiger partial charge in [-0.25, -0.2) is 0 Å². The van der Waals surface area contributed by atoms with Crippen molar-refractivity contribution in [3.63, 3.8) is 0 Å². The largest absolute Gasteiger partial charge is 0.463 e. The standard InChI is InChI=1S/C27H40O8/c1-15(28)33-14-23(35-17(3)30)27(32)11-9-21-20-7-6-18-12-19(34-16(2)29)8-10-25(18,4)24(20)22(31)13-26(21,27)5/h18-21,23-24,32H,6-14H2,1-5H3/t18-,19-,20+,21-,23+,24-,25+,26-,27-/m1/s1. The smallest absolute Gasteiger partial charge is 0.303 e. The van der Waals surface area contributed by atoms with E-state index in [1.165, 1.54) is 20.8 Å². The summed E-state index contributed by atoms with van der Waals surface area (Å²) in [6.45, 7) is 7.96. The molecule has 0 unspecified atom stereocenters. The van der Waals surface area contributed by atoms with Crippen LogP contribution in [-0.4, -0.2) is 53.2 Å². The Hall–Kier alpha value is -1.96. The van der Waals surface area contributed by atoms with Gasteiger partial charge in [0.1, 0.15) is 24.1 Å². The first-order valence-electron chi connectivity index (χ1n) is 13.0. The molecule has 196 valence electrons. The molecule has 0 amide bonds. The fraction of sp³-hybridized carbons (Fsp3) is 0.852. The van der Waals surface area contributed by atoms with Gasteiger partial charge in [0, 0.05) is 38.5 Å². The van der Waals surface area contributed by atoms with E-state index in [0.29, 0.717) is 12.3 Å². The summed E-state index contributed by atoms with van der Waals surface area (Å²) in [6.07, 6.45) is 4.51. The Labute approximate surface area is 207 Å². The molecule has 0 heterocycles. The van der Waals surface area contributed by atoms with E-state index in [2.05, 4.69) is 6.92 Å². The van der Waals surface area contributed by atoms with E-state index in [1.807, 2.05) is 6.92 Å². The number of carbonyl (C=O) groups excluding carboxylic acids is 4. The van der Waals surface area contributed by atoms with E-state index in [0.717, 1.165) is 38.5 Å². The zero-order valence-electron chi connectivity index (χ0n) is 21.6. The number of hydrogen-bond acceptors (Lipinski definition) is 8. The van der Waals surface area contributed by atoms with Gasteiger partial charge >= 0.3 is 17.9 Å². The number of fused-ring (bicyclic) bond motifs is 5. The van der Waals surface area contributed by atoms with E-state index in [4.69, 9.17) is 14.2 Å². The van der Waals surface area contributed by atoms with Crippen LogP contribution < -0.4 is 0 Å². The van der Waals surface area contributed by atoms with Crippen LogP contribution in [0.15, 0.2) is 0 Å². The van der Waals surface area contributed by atoms with E-state index in [-0.39, 0.29) is 54.1 Å². The highest BCUT2D eigenvalue weighted by Crippen LogP contribution is 2.68. The van der Waals surface area contributed by atoms with Gasteiger partial charge in [-0.3, -0.25) is 19.2 Å². The number of Topliss-reactive ketones (excluding diaryl/α,β-unsaturated/α-hetero) is 1. The summed E-state index contributed by atoms with van der Waals surface area (Å²) in [4.78, 5) is 48.8. The molecule has 35 heavy (non-hydrogen) atoms. The number of hydrogen-bond donors (Lipinski definition) is 1. The van der Waals surface area contributed by atoms with Crippen molar-refractivity contribution in [1.29, 1.82) is 0 Å². The number of rotatable bonds is 5. The molecule has 0 saturated heterocycles. The Balaban J connectivity index is 1.60. The number of ether oxygens (including phenoxy) is 3. The van der Waals surface area contributed by atoms with Crippen LogP contribution in [-0.2, 0) is 33.4 Å². The van der Waals surface area contributed by atoms with Gasteiger partial charge in [0.15, 0.2) is 6.10 Å². The fourth-order valence-corrected chi connectivity index (χ4v) is 8.60. The summed E-state index contributed by atoms with van der Waals surface area (Å²) in [5.74, 6) is -0.655. The maximum atomic E-state index is 13.9. The molecule has 0 aliphatic heterocycles. The molecule has 4 saturated carbocycles. The van der Waals surface area contributed by atoms with Gasteiger partial charge < -0.3 is 19.3 Å². The molecule has 4 aliphatic rings. The summed E-state index contributed by atoms with van der Waals surface area (Å²) in [5.41, 5.74) is -2.38. The van der Waals surface area contributed by atoms with Gasteiger partial charge in [0.05, 0.1) is 0 Å². The molecule has 0 radical (unpaired) electrons. The van der Waals surface area contributed by atoms with E-state index < -0.39 is 29.1 Å². The first-order chi connectivity index (χ1) is 16.3. The average Bonchev–Trinajstić information content (AvgIpc) is 3.01. The highest BCUT2D eigenvalue weighted by Gasteiger charge is 2.69. The molecule has 4 fully saturated rings. The molecular formula is C27H40O8. The molecule has 8 heteroatoms. The lowest BCUT2D eigenvalue weighted by Gasteiger charge is -2.61. The van der Waals surface area contributed by atoms with Gasteiger partial charge in [-0.1, -0.05) is 13.8 Å². The predicted molar refractivity (Wildman–Crippen MR) is 125 cm³/mol. The fourth-order valence-electron chi connectivity index (χ4n) is 8.60. The van der Waals surface area contributed by atoms with Gasteiger partial charge in [-0.15, -0.1) is 0 Å². The minimum Gasteiger partial charge on any atom is -0.463 e. The van der Waals surface area contributed by atoms with Crippen molar-refractivity contribution in [2.75, 3.05) is 6.61 Å². The zero-order valence-corrected chi connectivity index (χ0v) is 21.6. The quantitative estimate of drug-likeness (QED) is 0.459. The maximum absolute atomic E-state index is 13.9. The first kappa shape index (κ1) is 26.1. The van der Waals surface area contributed by atoms with Crippen molar-refractivity contribution in [3.8, 4) is 0 Å². The molecule has 0 spiro atoms. The molecule has 0 aromatic heterocycles. The van der Waals surface area contributed by atoms with E-state index in [1.54, 1.807) is 0 Å². The van der Waals surface area contributed by atoms with E-state index >= 15 is 0 Å². The van der Waals surface area contributed by atoms with Crippen LogP contribution in [0.1, 0.15) is 86.0 Å². The van der Waals surface area contributed by atoms with Crippen molar-refractivity contribution >= 4 is 23.7 Å². The molecule has 0 aromatic carbocycles. The summed E-state index contributed by atoms with van der Waals surface area (Å²) in [6, 6.07) is 0. The molecule has 1 N–H and O–H groups in total. The van der Waals surface area contributed by atoms with Crippen LogP contribution in [0.5, 0.6) is 0 Å². The molecule has 0 bridgehead atoms. The molecular weight excluding hydrogens is 452 g/mol. The molecule has 4 aliphatic carbocycles. The summed E-state index contributed by atoms with van der Waals surface area (Å²) in [7, 11) is 0. The van der Waals surface area contributed by atoms with Crippen LogP contribution >= 0.6 is 0 Å². The number of aliphatic hydroxyl groups is 1. The lowest BCUT2D eigenvalue weighted by Crippen LogP contribution is -2.63. The van der Waals surface area contributed by atoms with Crippen LogP contribution in [0.25, 0.3) is 0 Å². The number of carbonyl (C=O) groups is 4. The van der Waals surface area contributed by atoms with Crippen molar-refractivity contribution in [2.24, 2.45) is 34.5 Å². The second-order valence-electron chi connectivity index (χ2n) is 12.0. The Morgan fingerprint density at radius 1 is 1.00 bits per heavy atom. The van der Waals surface area contributed by atoms with Crippen molar-refractivity contribution in [3.05, 3.63) is 0 Å². The van der Waals surface area contributed by atoms with Crippen LogP contribution in [0.4, 0.5) is 0 Å². The third kappa shape index (κ3) is 4.30. The second-order valence-corrected chi connectivity index (χ2v) is 12.0. The normalized spacial score (nSPS) is 43.3. The average molecular weight is 493 g/mol. The van der Waals surface area contributed by atoms with Crippen LogP contribution in [0.3, 0.4) is 0 Å². The first-order valence-corrected chi connectivity index (χ1v) is 13.0. The molecule has 0 aromatic rings. The lowest BCUT2D eigenvalue weighted by molar-refractivity contribution is -0.211. The third-order valence-electron chi connectivity index (χ3n) is 10.1. The lowest BCUT2D eigenvalue weighted by atomic mass is 9.44.